The molecular formula is C10H23NS. The van der Waals surface area contributed by atoms with Crippen molar-refractivity contribution in [2.45, 2.75) is 40.7 Å². The van der Waals surface area contributed by atoms with Crippen LogP contribution < -0.4 is 5.32 Å². The van der Waals surface area contributed by atoms with Gasteiger partial charge in [-0.15, -0.1) is 0 Å². The van der Waals surface area contributed by atoms with Crippen molar-refractivity contribution in [3.63, 3.8) is 0 Å². The summed E-state index contributed by atoms with van der Waals surface area (Å²) in [5.41, 5.74) is 0.386. The fourth-order valence-electron chi connectivity index (χ4n) is 0.798. The topological polar surface area (TPSA) is 12.0 Å². The summed E-state index contributed by atoms with van der Waals surface area (Å²) in [6, 6.07) is 0.606. The molecule has 2 heteroatoms. The molecule has 0 aromatic heterocycles. The van der Waals surface area contributed by atoms with Crippen LogP contribution in [0.5, 0.6) is 0 Å². The van der Waals surface area contributed by atoms with Gasteiger partial charge in [0.15, 0.2) is 0 Å². The lowest BCUT2D eigenvalue weighted by Gasteiger charge is -2.28. The Kier molecular flexibility index (Phi) is 6.02. The third kappa shape index (κ3) is 5.90. The predicted octanol–water partition coefficient (Wildman–Crippen LogP) is 2.76. The fourth-order valence-corrected chi connectivity index (χ4v) is 1.35. The Labute approximate surface area is 81.7 Å². The Morgan fingerprint density at radius 1 is 1.33 bits per heavy atom. The molecule has 0 aromatic rings. The number of hydrogen-bond acceptors (Lipinski definition) is 2. The molecule has 0 radical (unpaired) electrons. The van der Waals surface area contributed by atoms with Gasteiger partial charge in [-0.2, -0.15) is 11.8 Å². The van der Waals surface area contributed by atoms with E-state index in [4.69, 9.17) is 0 Å². The average Bonchev–Trinajstić information content (AvgIpc) is 1.96. The second kappa shape index (κ2) is 5.87. The Morgan fingerprint density at radius 3 is 2.33 bits per heavy atom. The molecule has 0 amide bonds. The van der Waals surface area contributed by atoms with E-state index in [1.165, 1.54) is 11.5 Å². The normalized spacial score (nSPS) is 14.8. The summed E-state index contributed by atoms with van der Waals surface area (Å²) < 4.78 is 0. The quantitative estimate of drug-likeness (QED) is 0.667. The van der Waals surface area contributed by atoms with Crippen molar-refractivity contribution in [3.05, 3.63) is 0 Å². The summed E-state index contributed by atoms with van der Waals surface area (Å²) in [6.45, 7) is 12.4. The standard InChI is InChI=1S/C10H23NS/c1-6-12-8-7-11-9(2)10(3,4)5/h9,11H,6-8H2,1-5H3. The Morgan fingerprint density at radius 2 is 1.92 bits per heavy atom. The zero-order valence-electron chi connectivity index (χ0n) is 9.11. The molecule has 0 rings (SSSR count). The molecule has 0 bridgehead atoms. The number of nitrogens with one attached hydrogen (secondary N) is 1. The van der Waals surface area contributed by atoms with Crippen LogP contribution in [0.4, 0.5) is 0 Å². The van der Waals surface area contributed by atoms with Crippen LogP contribution >= 0.6 is 11.8 Å². The first-order valence-electron chi connectivity index (χ1n) is 4.79. The fraction of sp³-hybridized carbons (Fsp3) is 1.00. The molecule has 0 aromatic carbocycles. The summed E-state index contributed by atoms with van der Waals surface area (Å²) in [5.74, 6) is 2.46. The van der Waals surface area contributed by atoms with Crippen LogP contribution in [0.25, 0.3) is 0 Å². The highest BCUT2D eigenvalue weighted by Gasteiger charge is 2.18. The van der Waals surface area contributed by atoms with E-state index in [0.717, 1.165) is 6.54 Å². The van der Waals surface area contributed by atoms with E-state index in [1.807, 2.05) is 11.8 Å². The minimum Gasteiger partial charge on any atom is -0.313 e. The molecule has 0 heterocycles. The lowest BCUT2D eigenvalue weighted by atomic mass is 9.88. The molecule has 0 aliphatic rings. The molecule has 0 aliphatic heterocycles. The average molecular weight is 189 g/mol. The minimum absolute atomic E-state index is 0.386. The number of hydrogen-bond donors (Lipinski definition) is 1. The summed E-state index contributed by atoms with van der Waals surface area (Å²) in [5, 5.41) is 3.54. The second-order valence-electron chi connectivity index (χ2n) is 4.24. The maximum atomic E-state index is 3.54. The second-order valence-corrected chi connectivity index (χ2v) is 5.63. The monoisotopic (exact) mass is 189 g/mol. The van der Waals surface area contributed by atoms with Gasteiger partial charge in [0.05, 0.1) is 0 Å². The first kappa shape index (κ1) is 12.3. The van der Waals surface area contributed by atoms with Gasteiger partial charge in [0.1, 0.15) is 0 Å². The Balaban J connectivity index is 3.38. The molecule has 1 N–H and O–H groups in total. The van der Waals surface area contributed by atoms with Gasteiger partial charge in [-0.1, -0.05) is 27.7 Å². The lowest BCUT2D eigenvalue weighted by Crippen LogP contribution is -2.38. The summed E-state index contributed by atoms with van der Waals surface area (Å²) in [7, 11) is 0. The van der Waals surface area contributed by atoms with Crippen molar-refractivity contribution >= 4 is 11.8 Å². The summed E-state index contributed by atoms with van der Waals surface area (Å²) in [4.78, 5) is 0. The zero-order valence-corrected chi connectivity index (χ0v) is 9.92. The Hall–Kier alpha value is 0.310. The highest BCUT2D eigenvalue weighted by molar-refractivity contribution is 7.99. The van der Waals surface area contributed by atoms with Gasteiger partial charge in [0, 0.05) is 18.3 Å². The van der Waals surface area contributed by atoms with E-state index in [1.54, 1.807) is 0 Å². The Bertz CT molecular complexity index is 107. The van der Waals surface area contributed by atoms with Gasteiger partial charge in [0.2, 0.25) is 0 Å². The molecule has 0 spiro atoms. The third-order valence-electron chi connectivity index (χ3n) is 2.20. The smallest absolute Gasteiger partial charge is 0.00876 e. The predicted molar refractivity (Wildman–Crippen MR) is 59.9 cm³/mol. The van der Waals surface area contributed by atoms with Crippen LogP contribution in [0.15, 0.2) is 0 Å². The van der Waals surface area contributed by atoms with Gasteiger partial charge < -0.3 is 5.32 Å². The van der Waals surface area contributed by atoms with E-state index in [9.17, 15) is 0 Å². The van der Waals surface area contributed by atoms with Gasteiger partial charge in [-0.05, 0) is 18.1 Å². The van der Waals surface area contributed by atoms with E-state index < -0.39 is 0 Å². The zero-order chi connectivity index (χ0) is 9.61. The van der Waals surface area contributed by atoms with Crippen LogP contribution in [0, 0.1) is 5.41 Å². The molecule has 74 valence electrons. The molecule has 1 atom stereocenters. The van der Waals surface area contributed by atoms with Crippen LogP contribution in [0.1, 0.15) is 34.6 Å². The summed E-state index contributed by atoms with van der Waals surface area (Å²) in [6.07, 6.45) is 0. The highest BCUT2D eigenvalue weighted by Crippen LogP contribution is 2.18. The molecule has 0 saturated carbocycles. The van der Waals surface area contributed by atoms with Crippen molar-refractivity contribution in [1.29, 1.82) is 0 Å². The van der Waals surface area contributed by atoms with Gasteiger partial charge in [-0.3, -0.25) is 0 Å². The molecule has 0 fully saturated rings. The number of thioether (sulfide) groups is 1. The van der Waals surface area contributed by atoms with Crippen molar-refractivity contribution in [3.8, 4) is 0 Å². The van der Waals surface area contributed by atoms with Crippen molar-refractivity contribution in [2.24, 2.45) is 5.41 Å². The first-order chi connectivity index (χ1) is 5.48. The van der Waals surface area contributed by atoms with E-state index in [-0.39, 0.29) is 0 Å². The van der Waals surface area contributed by atoms with Gasteiger partial charge in [-0.25, -0.2) is 0 Å². The van der Waals surface area contributed by atoms with E-state index >= 15 is 0 Å². The van der Waals surface area contributed by atoms with Gasteiger partial charge >= 0.3 is 0 Å². The molecule has 1 unspecified atom stereocenters. The minimum atomic E-state index is 0.386. The molecule has 0 saturated heterocycles. The highest BCUT2D eigenvalue weighted by atomic mass is 32.2. The SMILES string of the molecule is CCSCCNC(C)C(C)(C)C. The molecular weight excluding hydrogens is 166 g/mol. The maximum absolute atomic E-state index is 3.54. The van der Waals surface area contributed by atoms with Crippen molar-refractivity contribution in [2.75, 3.05) is 18.1 Å². The molecule has 1 nitrogen and oxygen atoms in total. The number of rotatable bonds is 5. The third-order valence-corrected chi connectivity index (χ3v) is 3.10. The lowest BCUT2D eigenvalue weighted by molar-refractivity contribution is 0.291. The van der Waals surface area contributed by atoms with Gasteiger partial charge in [0.25, 0.3) is 0 Å². The van der Waals surface area contributed by atoms with Crippen LogP contribution in [-0.2, 0) is 0 Å². The van der Waals surface area contributed by atoms with E-state index in [2.05, 4.69) is 39.9 Å². The van der Waals surface area contributed by atoms with E-state index in [0.29, 0.717) is 11.5 Å². The molecule has 0 aliphatic carbocycles. The molecule has 12 heavy (non-hydrogen) atoms. The van der Waals surface area contributed by atoms with Crippen LogP contribution in [-0.4, -0.2) is 24.1 Å². The maximum Gasteiger partial charge on any atom is 0.00876 e. The van der Waals surface area contributed by atoms with Crippen LogP contribution in [0.2, 0.25) is 0 Å². The summed E-state index contributed by atoms with van der Waals surface area (Å²) >= 11 is 2.00. The largest absolute Gasteiger partial charge is 0.313 e. The van der Waals surface area contributed by atoms with Crippen molar-refractivity contribution in [1.82, 2.24) is 5.32 Å². The van der Waals surface area contributed by atoms with Crippen molar-refractivity contribution < 1.29 is 0 Å². The van der Waals surface area contributed by atoms with Crippen LogP contribution in [0.3, 0.4) is 0 Å². The first-order valence-corrected chi connectivity index (χ1v) is 5.95.